The lowest BCUT2D eigenvalue weighted by atomic mass is 9.93. The molecular formula is C12H18N2S. The van der Waals surface area contributed by atoms with Gasteiger partial charge in [0, 0.05) is 10.8 Å². The predicted molar refractivity (Wildman–Crippen MR) is 66.1 cm³/mol. The lowest BCUT2D eigenvalue weighted by molar-refractivity contribution is 0.560. The average Bonchev–Trinajstić information content (AvgIpc) is 2.62. The monoisotopic (exact) mass is 222 g/mol. The first-order valence-electron chi connectivity index (χ1n) is 5.08. The topological polar surface area (TPSA) is 24.9 Å². The minimum Gasteiger partial charge on any atom is -0.297 e. The van der Waals surface area contributed by atoms with Crippen LogP contribution in [-0.2, 0) is 5.41 Å². The SMILES string of the molecule is C#CCN[C@H](C)c1nc(C(C)(C)C)cs1. The summed E-state index contributed by atoms with van der Waals surface area (Å²) in [5.41, 5.74) is 1.28. The van der Waals surface area contributed by atoms with Crippen molar-refractivity contribution in [3.63, 3.8) is 0 Å². The van der Waals surface area contributed by atoms with Crippen molar-refractivity contribution in [2.75, 3.05) is 6.54 Å². The molecule has 0 saturated carbocycles. The van der Waals surface area contributed by atoms with Gasteiger partial charge in [0.2, 0.25) is 0 Å². The van der Waals surface area contributed by atoms with Crippen LogP contribution in [0.3, 0.4) is 0 Å². The first-order valence-corrected chi connectivity index (χ1v) is 5.96. The quantitative estimate of drug-likeness (QED) is 0.795. The average molecular weight is 222 g/mol. The van der Waals surface area contributed by atoms with E-state index in [1.54, 1.807) is 11.3 Å². The van der Waals surface area contributed by atoms with Crippen LogP contribution in [0, 0.1) is 12.3 Å². The second kappa shape index (κ2) is 4.78. The maximum Gasteiger partial charge on any atom is 0.110 e. The molecule has 0 saturated heterocycles. The van der Waals surface area contributed by atoms with Crippen LogP contribution in [-0.4, -0.2) is 11.5 Å². The van der Waals surface area contributed by atoms with Crippen LogP contribution in [0.25, 0.3) is 0 Å². The van der Waals surface area contributed by atoms with Crippen LogP contribution in [0.1, 0.15) is 44.4 Å². The Morgan fingerprint density at radius 3 is 2.73 bits per heavy atom. The zero-order chi connectivity index (χ0) is 11.5. The van der Waals surface area contributed by atoms with Crippen LogP contribution in [0.4, 0.5) is 0 Å². The van der Waals surface area contributed by atoms with Gasteiger partial charge in [0.1, 0.15) is 5.01 Å². The molecule has 0 radical (unpaired) electrons. The highest BCUT2D eigenvalue weighted by Crippen LogP contribution is 2.26. The zero-order valence-corrected chi connectivity index (χ0v) is 10.6. The normalized spacial score (nSPS) is 13.5. The Morgan fingerprint density at radius 2 is 2.27 bits per heavy atom. The van der Waals surface area contributed by atoms with E-state index in [-0.39, 0.29) is 11.5 Å². The lowest BCUT2D eigenvalue weighted by Crippen LogP contribution is -2.19. The molecule has 1 aromatic rings. The Balaban J connectivity index is 2.72. The van der Waals surface area contributed by atoms with Gasteiger partial charge >= 0.3 is 0 Å². The molecule has 82 valence electrons. The van der Waals surface area contributed by atoms with Crippen LogP contribution in [0.5, 0.6) is 0 Å². The molecule has 0 amide bonds. The first-order chi connectivity index (χ1) is 6.95. The summed E-state index contributed by atoms with van der Waals surface area (Å²) in [7, 11) is 0. The Bertz CT molecular complexity index is 354. The third kappa shape index (κ3) is 3.33. The second-order valence-corrected chi connectivity index (χ2v) is 5.52. The Morgan fingerprint density at radius 1 is 1.60 bits per heavy atom. The second-order valence-electron chi connectivity index (χ2n) is 4.63. The first kappa shape index (κ1) is 12.2. The summed E-state index contributed by atoms with van der Waals surface area (Å²) in [6.45, 7) is 9.19. The minimum absolute atomic E-state index is 0.126. The van der Waals surface area contributed by atoms with Crippen molar-refractivity contribution in [1.82, 2.24) is 10.3 Å². The number of aromatic nitrogens is 1. The number of terminal acetylenes is 1. The maximum atomic E-state index is 5.20. The third-order valence-corrected chi connectivity index (χ3v) is 3.20. The lowest BCUT2D eigenvalue weighted by Gasteiger charge is -2.14. The molecule has 0 unspecified atom stereocenters. The molecule has 0 aromatic carbocycles. The van der Waals surface area contributed by atoms with E-state index < -0.39 is 0 Å². The molecule has 0 bridgehead atoms. The van der Waals surface area contributed by atoms with E-state index in [4.69, 9.17) is 6.42 Å². The number of thiazole rings is 1. The van der Waals surface area contributed by atoms with E-state index in [0.29, 0.717) is 6.54 Å². The Labute approximate surface area is 96.1 Å². The van der Waals surface area contributed by atoms with Crippen LogP contribution in [0.15, 0.2) is 5.38 Å². The fraction of sp³-hybridized carbons (Fsp3) is 0.583. The largest absolute Gasteiger partial charge is 0.297 e. The van der Waals surface area contributed by atoms with E-state index in [1.165, 1.54) is 0 Å². The zero-order valence-electron chi connectivity index (χ0n) is 9.79. The number of nitrogens with one attached hydrogen (secondary N) is 1. The van der Waals surface area contributed by atoms with Gasteiger partial charge in [-0.05, 0) is 6.92 Å². The predicted octanol–water partition coefficient (Wildman–Crippen LogP) is 2.72. The molecule has 0 aliphatic heterocycles. The molecule has 3 heteroatoms. The van der Waals surface area contributed by atoms with Crippen LogP contribution < -0.4 is 5.32 Å². The van der Waals surface area contributed by atoms with Crippen molar-refractivity contribution >= 4 is 11.3 Å². The van der Waals surface area contributed by atoms with Crippen molar-refractivity contribution in [1.29, 1.82) is 0 Å². The fourth-order valence-corrected chi connectivity index (χ4v) is 2.21. The molecule has 2 nitrogen and oxygen atoms in total. The molecule has 0 aliphatic carbocycles. The fourth-order valence-electron chi connectivity index (χ4n) is 1.13. The minimum atomic E-state index is 0.126. The van der Waals surface area contributed by atoms with Gasteiger partial charge in [-0.2, -0.15) is 0 Å². The highest BCUT2D eigenvalue weighted by atomic mass is 32.1. The maximum absolute atomic E-state index is 5.20. The van der Waals surface area contributed by atoms with Gasteiger partial charge in [-0.1, -0.05) is 26.7 Å². The standard InChI is InChI=1S/C12H18N2S/c1-6-7-13-9(2)11-14-10(8-15-11)12(3,4)5/h1,8-9,13H,7H2,2-5H3/t9-/m1/s1. The Kier molecular flexibility index (Phi) is 3.90. The number of hydrogen-bond donors (Lipinski definition) is 1. The van der Waals surface area contributed by atoms with Crippen LogP contribution >= 0.6 is 11.3 Å². The van der Waals surface area contributed by atoms with Gasteiger partial charge in [-0.25, -0.2) is 4.98 Å². The van der Waals surface area contributed by atoms with E-state index >= 15 is 0 Å². The van der Waals surface area contributed by atoms with E-state index in [0.717, 1.165) is 10.7 Å². The van der Waals surface area contributed by atoms with Gasteiger partial charge in [0.05, 0.1) is 18.3 Å². The highest BCUT2D eigenvalue weighted by Gasteiger charge is 2.18. The summed E-state index contributed by atoms with van der Waals surface area (Å²) < 4.78 is 0. The summed E-state index contributed by atoms with van der Waals surface area (Å²) in [6, 6.07) is 0.238. The van der Waals surface area contributed by atoms with Crippen LogP contribution in [0.2, 0.25) is 0 Å². The van der Waals surface area contributed by atoms with E-state index in [1.807, 2.05) is 0 Å². The molecule has 1 N–H and O–H groups in total. The molecule has 15 heavy (non-hydrogen) atoms. The van der Waals surface area contributed by atoms with Gasteiger partial charge in [-0.3, -0.25) is 5.32 Å². The highest BCUT2D eigenvalue weighted by molar-refractivity contribution is 7.09. The molecule has 1 rings (SSSR count). The van der Waals surface area contributed by atoms with E-state index in [9.17, 15) is 0 Å². The molecule has 1 aromatic heterocycles. The van der Waals surface area contributed by atoms with Crippen molar-refractivity contribution in [2.24, 2.45) is 0 Å². The Hall–Kier alpha value is -0.850. The molecule has 1 heterocycles. The molecule has 0 fully saturated rings. The van der Waals surface area contributed by atoms with Crippen molar-refractivity contribution in [3.05, 3.63) is 16.1 Å². The molecule has 0 aliphatic rings. The van der Waals surface area contributed by atoms with Gasteiger partial charge in [-0.15, -0.1) is 17.8 Å². The molecular weight excluding hydrogens is 204 g/mol. The van der Waals surface area contributed by atoms with Crippen molar-refractivity contribution in [3.8, 4) is 12.3 Å². The van der Waals surface area contributed by atoms with Crippen molar-refractivity contribution < 1.29 is 0 Å². The van der Waals surface area contributed by atoms with E-state index in [2.05, 4.69) is 49.3 Å². The summed E-state index contributed by atoms with van der Waals surface area (Å²) in [5, 5.41) is 6.46. The summed E-state index contributed by atoms with van der Waals surface area (Å²) >= 11 is 1.69. The summed E-state index contributed by atoms with van der Waals surface area (Å²) in [5.74, 6) is 2.57. The number of nitrogens with zero attached hydrogens (tertiary/aromatic N) is 1. The van der Waals surface area contributed by atoms with Gasteiger partial charge < -0.3 is 0 Å². The number of hydrogen-bond acceptors (Lipinski definition) is 3. The third-order valence-electron chi connectivity index (χ3n) is 2.17. The molecule has 0 spiro atoms. The summed E-state index contributed by atoms with van der Waals surface area (Å²) in [6.07, 6.45) is 5.20. The van der Waals surface area contributed by atoms with Crippen molar-refractivity contribution in [2.45, 2.75) is 39.2 Å². The molecule has 1 atom stereocenters. The van der Waals surface area contributed by atoms with Gasteiger partial charge in [0.25, 0.3) is 0 Å². The number of rotatable bonds is 3. The smallest absolute Gasteiger partial charge is 0.110 e. The summed E-state index contributed by atoms with van der Waals surface area (Å²) in [4.78, 5) is 4.62. The van der Waals surface area contributed by atoms with Gasteiger partial charge in [0.15, 0.2) is 0 Å².